The third kappa shape index (κ3) is 0.835. The van der Waals surface area contributed by atoms with E-state index in [1.165, 1.54) is 0 Å². The SMILES string of the molecule is O=c1[nH]c(=O)n([O-])c(=O)[nH]1. The number of rotatable bonds is 0. The van der Waals surface area contributed by atoms with Gasteiger partial charge < -0.3 is 5.21 Å². The number of nitrogens with zero attached hydrogens (tertiary/aromatic N) is 1. The molecule has 10 heavy (non-hydrogen) atoms. The maximum Gasteiger partial charge on any atom is 0.330 e. The Bertz CT molecular complexity index is 361. The second-order valence-electron chi connectivity index (χ2n) is 1.48. The van der Waals surface area contributed by atoms with Crippen LogP contribution in [0.1, 0.15) is 0 Å². The van der Waals surface area contributed by atoms with Crippen molar-refractivity contribution in [2.45, 2.75) is 0 Å². The van der Waals surface area contributed by atoms with E-state index < -0.39 is 21.8 Å². The van der Waals surface area contributed by atoms with Crippen molar-refractivity contribution < 1.29 is 0 Å². The van der Waals surface area contributed by atoms with Crippen molar-refractivity contribution in [1.82, 2.24) is 14.7 Å². The van der Waals surface area contributed by atoms with E-state index in [2.05, 4.69) is 0 Å². The molecule has 0 unspecified atom stereocenters. The maximum atomic E-state index is 10.2. The molecule has 54 valence electrons. The summed E-state index contributed by atoms with van der Waals surface area (Å²) in [6, 6.07) is 0. The van der Waals surface area contributed by atoms with Gasteiger partial charge in [0.1, 0.15) is 0 Å². The highest BCUT2D eigenvalue weighted by molar-refractivity contribution is 4.70. The number of nitrogens with one attached hydrogen (secondary N) is 2. The van der Waals surface area contributed by atoms with Crippen LogP contribution >= 0.6 is 0 Å². The Hall–Kier alpha value is -1.79. The van der Waals surface area contributed by atoms with Crippen molar-refractivity contribution in [1.29, 1.82) is 0 Å². The minimum atomic E-state index is -1.27. The van der Waals surface area contributed by atoms with Gasteiger partial charge in [-0.05, 0) is 0 Å². The molecule has 0 amide bonds. The summed E-state index contributed by atoms with van der Waals surface area (Å²) in [7, 11) is 0. The summed E-state index contributed by atoms with van der Waals surface area (Å²) in [5.41, 5.74) is -3.52. The van der Waals surface area contributed by atoms with E-state index >= 15 is 0 Å². The third-order valence-corrected chi connectivity index (χ3v) is 0.810. The molecule has 0 bridgehead atoms. The van der Waals surface area contributed by atoms with Gasteiger partial charge in [0.2, 0.25) is 0 Å². The molecule has 0 aliphatic rings. The first kappa shape index (κ1) is 6.33. The molecule has 0 aliphatic heterocycles. The van der Waals surface area contributed by atoms with Gasteiger partial charge in [-0.1, -0.05) is 0 Å². The smallest absolute Gasteiger partial charge is 0.330 e. The van der Waals surface area contributed by atoms with Gasteiger partial charge in [-0.2, -0.15) is 0 Å². The quantitative estimate of drug-likeness (QED) is 0.421. The van der Waals surface area contributed by atoms with Crippen molar-refractivity contribution >= 4 is 0 Å². The zero-order chi connectivity index (χ0) is 7.72. The monoisotopic (exact) mass is 144 g/mol. The molecule has 0 aliphatic carbocycles. The molecule has 0 fully saturated rings. The molecular formula is C3H2N3O4-. The number of aromatic amines is 2. The standard InChI is InChI=1S/C3H2N3O4/c7-1-4-2(8)6(10)3(9)5-1/h(H2,4,5,7,8,9)/q-1. The molecule has 1 aromatic rings. The van der Waals surface area contributed by atoms with Gasteiger partial charge in [0.25, 0.3) is 0 Å². The van der Waals surface area contributed by atoms with E-state index in [9.17, 15) is 19.6 Å². The minimum absolute atomic E-state index is 0.485. The fourth-order valence-electron chi connectivity index (χ4n) is 0.419. The zero-order valence-electron chi connectivity index (χ0n) is 4.58. The average molecular weight is 144 g/mol. The number of H-pyrrole nitrogens is 2. The van der Waals surface area contributed by atoms with Gasteiger partial charge in [-0.3, -0.25) is 14.7 Å². The maximum absolute atomic E-state index is 10.2. The lowest BCUT2D eigenvalue weighted by molar-refractivity contribution is 0.787. The zero-order valence-corrected chi connectivity index (χ0v) is 4.58. The number of hydrogen-bond donors (Lipinski definition) is 2. The van der Waals surface area contributed by atoms with Gasteiger partial charge in [0.05, 0.1) is 0 Å². The molecule has 0 aromatic carbocycles. The first-order chi connectivity index (χ1) is 4.61. The van der Waals surface area contributed by atoms with Crippen molar-refractivity contribution in [2.75, 3.05) is 0 Å². The molecule has 7 heteroatoms. The summed E-state index contributed by atoms with van der Waals surface area (Å²) in [6.45, 7) is 0. The summed E-state index contributed by atoms with van der Waals surface area (Å²) >= 11 is 0. The predicted octanol–water partition coefficient (Wildman–Crippen LogP) is -2.43. The lowest BCUT2D eigenvalue weighted by Crippen LogP contribution is -2.40. The van der Waals surface area contributed by atoms with Crippen molar-refractivity contribution in [3.63, 3.8) is 0 Å². The largest absolute Gasteiger partial charge is 0.799 e. The molecule has 0 spiro atoms. The molecule has 1 heterocycles. The molecule has 1 aromatic heterocycles. The van der Waals surface area contributed by atoms with Crippen LogP contribution in [0, 0.1) is 5.21 Å². The van der Waals surface area contributed by atoms with E-state index in [1.54, 1.807) is 9.97 Å². The van der Waals surface area contributed by atoms with E-state index in [0.29, 0.717) is 0 Å². The topological polar surface area (TPSA) is 111 Å². The fraction of sp³-hybridized carbons (Fsp3) is 0. The van der Waals surface area contributed by atoms with Crippen LogP contribution < -0.4 is 17.1 Å². The van der Waals surface area contributed by atoms with Crippen molar-refractivity contribution in [3.8, 4) is 0 Å². The Labute approximate surface area is 52.5 Å². The van der Waals surface area contributed by atoms with E-state index in [4.69, 9.17) is 0 Å². The molecule has 0 atom stereocenters. The predicted molar refractivity (Wildman–Crippen MR) is 30.7 cm³/mol. The van der Waals surface area contributed by atoms with Crippen LogP contribution in [-0.2, 0) is 0 Å². The van der Waals surface area contributed by atoms with Crippen LogP contribution in [0.2, 0.25) is 0 Å². The second kappa shape index (κ2) is 1.87. The lowest BCUT2D eigenvalue weighted by atomic mass is 11.0. The highest BCUT2D eigenvalue weighted by Crippen LogP contribution is 1.46. The molecular weight excluding hydrogens is 142 g/mol. The van der Waals surface area contributed by atoms with Crippen LogP contribution in [0.15, 0.2) is 14.4 Å². The Kier molecular flexibility index (Phi) is 1.18. The van der Waals surface area contributed by atoms with Crippen LogP contribution in [0.25, 0.3) is 0 Å². The van der Waals surface area contributed by atoms with E-state index in [1.807, 2.05) is 0 Å². The summed E-state index contributed by atoms with van der Waals surface area (Å²) in [4.78, 5) is 33.8. The number of aromatic nitrogens is 3. The summed E-state index contributed by atoms with van der Waals surface area (Å²) in [5, 5.41) is 10.2. The van der Waals surface area contributed by atoms with Crippen LogP contribution in [0.5, 0.6) is 0 Å². The highest BCUT2D eigenvalue weighted by atomic mass is 16.5. The van der Waals surface area contributed by atoms with Crippen LogP contribution in [-0.4, -0.2) is 14.7 Å². The molecule has 0 saturated heterocycles. The second-order valence-corrected chi connectivity index (χ2v) is 1.48. The summed E-state index contributed by atoms with van der Waals surface area (Å²) in [5.74, 6) is 0. The lowest BCUT2D eigenvalue weighted by Gasteiger charge is -2.01. The Balaban J connectivity index is 3.80. The average Bonchev–Trinajstić information content (AvgIpc) is 1.82. The fourth-order valence-corrected chi connectivity index (χ4v) is 0.419. The molecule has 1 rings (SSSR count). The molecule has 0 radical (unpaired) electrons. The Morgan fingerprint density at radius 2 is 1.50 bits per heavy atom. The first-order valence-corrected chi connectivity index (χ1v) is 2.24. The number of hydrogen-bond acceptors (Lipinski definition) is 4. The van der Waals surface area contributed by atoms with Gasteiger partial charge in [0, 0.05) is 0 Å². The minimum Gasteiger partial charge on any atom is -0.799 e. The summed E-state index contributed by atoms with van der Waals surface area (Å²) < 4.78 is -0.485. The van der Waals surface area contributed by atoms with Crippen LogP contribution in [0.4, 0.5) is 0 Å². The van der Waals surface area contributed by atoms with Crippen LogP contribution in [0.3, 0.4) is 0 Å². The Morgan fingerprint density at radius 3 is 1.90 bits per heavy atom. The van der Waals surface area contributed by atoms with Gasteiger partial charge in [-0.25, -0.2) is 14.4 Å². The first-order valence-electron chi connectivity index (χ1n) is 2.24. The Morgan fingerprint density at radius 1 is 1.10 bits per heavy atom. The van der Waals surface area contributed by atoms with Crippen molar-refractivity contribution in [2.24, 2.45) is 0 Å². The molecule has 0 saturated carbocycles. The summed E-state index contributed by atoms with van der Waals surface area (Å²) in [6.07, 6.45) is 0. The normalized spacial score (nSPS) is 9.60. The van der Waals surface area contributed by atoms with E-state index in [-0.39, 0.29) is 0 Å². The van der Waals surface area contributed by atoms with Gasteiger partial charge in [0.15, 0.2) is 0 Å². The van der Waals surface area contributed by atoms with Crippen molar-refractivity contribution in [3.05, 3.63) is 36.7 Å². The third-order valence-electron chi connectivity index (χ3n) is 0.810. The van der Waals surface area contributed by atoms with Gasteiger partial charge in [-0.15, -0.1) is 0 Å². The molecule has 2 N–H and O–H groups in total. The molecule has 7 nitrogen and oxygen atoms in total. The van der Waals surface area contributed by atoms with E-state index in [0.717, 1.165) is 0 Å². The van der Waals surface area contributed by atoms with Gasteiger partial charge >= 0.3 is 17.1 Å². The highest BCUT2D eigenvalue weighted by Gasteiger charge is 1.89.